The lowest BCUT2D eigenvalue weighted by molar-refractivity contribution is -0.121. The summed E-state index contributed by atoms with van der Waals surface area (Å²) < 4.78 is 27.9. The highest BCUT2D eigenvalue weighted by molar-refractivity contribution is 7.86. The maximum absolute atomic E-state index is 12.6. The van der Waals surface area contributed by atoms with Crippen molar-refractivity contribution in [3.63, 3.8) is 0 Å². The summed E-state index contributed by atoms with van der Waals surface area (Å²) in [7, 11) is -1.94. The monoisotopic (exact) mass is 289 g/mol. The van der Waals surface area contributed by atoms with Crippen LogP contribution in [0.3, 0.4) is 0 Å². The molecule has 2 aliphatic rings. The lowest BCUT2D eigenvalue weighted by Gasteiger charge is -2.34. The number of carbonyl (C=O) groups excluding carboxylic acids is 1. The van der Waals surface area contributed by atoms with Crippen LogP contribution < -0.4 is 5.73 Å². The van der Waals surface area contributed by atoms with Crippen molar-refractivity contribution in [2.75, 3.05) is 13.6 Å². The Morgan fingerprint density at radius 3 is 2.37 bits per heavy atom. The Labute approximate surface area is 115 Å². The van der Waals surface area contributed by atoms with Crippen LogP contribution in [-0.2, 0) is 15.0 Å². The average Bonchev–Trinajstić information content (AvgIpc) is 2.89. The molecule has 0 aromatic heterocycles. The fourth-order valence-electron chi connectivity index (χ4n) is 3.10. The predicted molar refractivity (Wildman–Crippen MR) is 72.5 cm³/mol. The van der Waals surface area contributed by atoms with Crippen LogP contribution in [0.25, 0.3) is 0 Å². The van der Waals surface area contributed by atoms with Crippen LogP contribution in [0.5, 0.6) is 0 Å². The van der Waals surface area contributed by atoms with Gasteiger partial charge in [-0.2, -0.15) is 17.0 Å². The highest BCUT2D eigenvalue weighted by Gasteiger charge is 2.41. The van der Waals surface area contributed by atoms with E-state index in [2.05, 4.69) is 0 Å². The summed E-state index contributed by atoms with van der Waals surface area (Å²) in [6.45, 7) is 0.396. The molecule has 0 radical (unpaired) electrons. The third kappa shape index (κ3) is 2.93. The molecule has 19 heavy (non-hydrogen) atoms. The van der Waals surface area contributed by atoms with E-state index < -0.39 is 22.2 Å². The second kappa shape index (κ2) is 5.76. The maximum atomic E-state index is 12.6. The summed E-state index contributed by atoms with van der Waals surface area (Å²) in [6, 6.07) is -0.607. The SMILES string of the molecule is CN(C1CCCCC1)S(=O)(=O)N1CCCC1C(N)=O. The summed E-state index contributed by atoms with van der Waals surface area (Å²) in [5.74, 6) is -0.543. The minimum Gasteiger partial charge on any atom is -0.368 e. The van der Waals surface area contributed by atoms with E-state index in [-0.39, 0.29) is 6.04 Å². The highest BCUT2D eigenvalue weighted by atomic mass is 32.2. The molecule has 1 amide bonds. The summed E-state index contributed by atoms with van der Waals surface area (Å²) in [4.78, 5) is 11.4. The van der Waals surface area contributed by atoms with E-state index in [9.17, 15) is 13.2 Å². The molecule has 1 saturated heterocycles. The van der Waals surface area contributed by atoms with Crippen molar-refractivity contribution >= 4 is 16.1 Å². The lowest BCUT2D eigenvalue weighted by Crippen LogP contribution is -2.51. The van der Waals surface area contributed by atoms with Gasteiger partial charge in [-0.3, -0.25) is 4.79 Å². The first-order valence-corrected chi connectivity index (χ1v) is 8.38. The van der Waals surface area contributed by atoms with Gasteiger partial charge in [0, 0.05) is 19.6 Å². The number of hydrogen-bond acceptors (Lipinski definition) is 3. The zero-order valence-electron chi connectivity index (χ0n) is 11.4. The van der Waals surface area contributed by atoms with Gasteiger partial charge in [-0.25, -0.2) is 0 Å². The van der Waals surface area contributed by atoms with Gasteiger partial charge in [0.25, 0.3) is 10.2 Å². The van der Waals surface area contributed by atoms with Gasteiger partial charge >= 0.3 is 0 Å². The molecule has 1 atom stereocenters. The standard InChI is InChI=1S/C12H23N3O3S/c1-14(10-6-3-2-4-7-10)19(17,18)15-9-5-8-11(15)12(13)16/h10-11H,2-9H2,1H3,(H2,13,16). The number of amides is 1. The molecule has 1 saturated carbocycles. The largest absolute Gasteiger partial charge is 0.368 e. The van der Waals surface area contributed by atoms with Crippen LogP contribution in [-0.4, -0.2) is 48.6 Å². The topological polar surface area (TPSA) is 83.7 Å². The second-order valence-electron chi connectivity index (χ2n) is 5.49. The third-order valence-electron chi connectivity index (χ3n) is 4.28. The Balaban J connectivity index is 2.14. The molecule has 0 aromatic rings. The molecule has 2 N–H and O–H groups in total. The van der Waals surface area contributed by atoms with Crippen LogP contribution in [0.4, 0.5) is 0 Å². The van der Waals surface area contributed by atoms with Crippen LogP contribution in [0, 0.1) is 0 Å². The molecule has 0 spiro atoms. The van der Waals surface area contributed by atoms with Gasteiger partial charge in [0.2, 0.25) is 5.91 Å². The van der Waals surface area contributed by atoms with E-state index >= 15 is 0 Å². The third-order valence-corrected chi connectivity index (χ3v) is 6.34. The Bertz CT molecular complexity index is 432. The van der Waals surface area contributed by atoms with Gasteiger partial charge in [0.05, 0.1) is 0 Å². The van der Waals surface area contributed by atoms with E-state index in [1.165, 1.54) is 15.0 Å². The van der Waals surface area contributed by atoms with Gasteiger partial charge in [-0.1, -0.05) is 19.3 Å². The molecular weight excluding hydrogens is 266 g/mol. The molecule has 110 valence electrons. The molecule has 1 aliphatic heterocycles. The number of nitrogens with zero attached hydrogens (tertiary/aromatic N) is 2. The highest BCUT2D eigenvalue weighted by Crippen LogP contribution is 2.28. The van der Waals surface area contributed by atoms with Crippen molar-refractivity contribution in [3.8, 4) is 0 Å². The Morgan fingerprint density at radius 1 is 1.16 bits per heavy atom. The zero-order chi connectivity index (χ0) is 14.0. The average molecular weight is 289 g/mol. The van der Waals surface area contributed by atoms with Crippen LogP contribution in [0.15, 0.2) is 0 Å². The number of carbonyl (C=O) groups is 1. The summed E-state index contributed by atoms with van der Waals surface area (Å²) >= 11 is 0. The van der Waals surface area contributed by atoms with Crippen molar-refractivity contribution < 1.29 is 13.2 Å². The molecule has 1 heterocycles. The van der Waals surface area contributed by atoms with Gasteiger partial charge in [-0.05, 0) is 25.7 Å². The van der Waals surface area contributed by atoms with Crippen LogP contribution in [0.1, 0.15) is 44.9 Å². The summed E-state index contributed by atoms with van der Waals surface area (Å²) in [6.07, 6.45) is 6.37. The van der Waals surface area contributed by atoms with E-state index in [4.69, 9.17) is 5.73 Å². The van der Waals surface area contributed by atoms with Gasteiger partial charge < -0.3 is 5.73 Å². The minimum atomic E-state index is -3.57. The van der Waals surface area contributed by atoms with Crippen LogP contribution in [0.2, 0.25) is 0 Å². The van der Waals surface area contributed by atoms with Gasteiger partial charge in [0.15, 0.2) is 0 Å². The normalized spacial score (nSPS) is 26.9. The van der Waals surface area contributed by atoms with Crippen molar-refractivity contribution in [2.45, 2.75) is 57.0 Å². The maximum Gasteiger partial charge on any atom is 0.282 e. The molecule has 2 rings (SSSR count). The zero-order valence-corrected chi connectivity index (χ0v) is 12.2. The summed E-state index contributed by atoms with van der Waals surface area (Å²) in [5.41, 5.74) is 5.30. The quantitative estimate of drug-likeness (QED) is 0.815. The molecule has 7 heteroatoms. The van der Waals surface area contributed by atoms with Crippen molar-refractivity contribution in [2.24, 2.45) is 5.73 Å². The number of hydrogen-bond donors (Lipinski definition) is 1. The molecule has 1 unspecified atom stereocenters. The fourth-order valence-corrected chi connectivity index (χ4v) is 4.91. The molecule has 2 fully saturated rings. The Morgan fingerprint density at radius 2 is 1.79 bits per heavy atom. The molecule has 0 bridgehead atoms. The number of nitrogens with two attached hydrogens (primary N) is 1. The molecule has 0 aromatic carbocycles. The van der Waals surface area contributed by atoms with E-state index in [1.54, 1.807) is 7.05 Å². The second-order valence-corrected chi connectivity index (χ2v) is 7.43. The minimum absolute atomic E-state index is 0.0628. The first kappa shape index (κ1) is 14.7. The molecule has 6 nitrogen and oxygen atoms in total. The van der Waals surface area contributed by atoms with Crippen molar-refractivity contribution in [3.05, 3.63) is 0 Å². The van der Waals surface area contributed by atoms with Crippen molar-refractivity contribution in [1.29, 1.82) is 0 Å². The van der Waals surface area contributed by atoms with Gasteiger partial charge in [-0.15, -0.1) is 0 Å². The number of primary amides is 1. The van der Waals surface area contributed by atoms with Crippen LogP contribution >= 0.6 is 0 Å². The van der Waals surface area contributed by atoms with E-state index in [1.807, 2.05) is 0 Å². The molecule has 1 aliphatic carbocycles. The number of rotatable bonds is 4. The van der Waals surface area contributed by atoms with E-state index in [0.717, 1.165) is 25.7 Å². The first-order valence-electron chi connectivity index (χ1n) is 6.98. The fraction of sp³-hybridized carbons (Fsp3) is 0.917. The Hall–Kier alpha value is -0.660. The smallest absolute Gasteiger partial charge is 0.282 e. The predicted octanol–water partition coefficient (Wildman–Crippen LogP) is 0.445. The van der Waals surface area contributed by atoms with E-state index in [0.29, 0.717) is 19.4 Å². The van der Waals surface area contributed by atoms with Gasteiger partial charge in [0.1, 0.15) is 6.04 Å². The summed E-state index contributed by atoms with van der Waals surface area (Å²) in [5, 5.41) is 0. The Kier molecular flexibility index (Phi) is 4.47. The van der Waals surface area contributed by atoms with Crippen molar-refractivity contribution in [1.82, 2.24) is 8.61 Å². The first-order chi connectivity index (χ1) is 8.94. The molecular formula is C12H23N3O3S. The lowest BCUT2D eigenvalue weighted by atomic mass is 9.96.